The van der Waals surface area contributed by atoms with Gasteiger partial charge in [0, 0.05) is 13.1 Å². The van der Waals surface area contributed by atoms with Crippen LogP contribution in [0.4, 0.5) is 13.2 Å². The van der Waals surface area contributed by atoms with Crippen molar-refractivity contribution in [1.29, 1.82) is 0 Å². The Bertz CT molecular complexity index is 759. The summed E-state index contributed by atoms with van der Waals surface area (Å²) in [5, 5.41) is 0. The second kappa shape index (κ2) is 8.03. The Morgan fingerprint density at radius 2 is 1.70 bits per heavy atom. The van der Waals surface area contributed by atoms with Crippen LogP contribution < -0.4 is 4.74 Å². The van der Waals surface area contributed by atoms with Gasteiger partial charge in [0.25, 0.3) is 5.91 Å². The Hall–Kier alpha value is -2.50. The van der Waals surface area contributed by atoms with Crippen LogP contribution in [0.3, 0.4) is 0 Å². The number of carbonyl (C=O) groups excluding carboxylic acids is 1. The number of likely N-dealkylation sites (tertiary alicyclic amines) is 1. The SMILES string of the molecule is C[C@H](Oc1ccc(-c2ccccc2)cc1)C(=O)N1CCC[C@@H](C(F)(F)F)C1. The number of piperidine rings is 1. The number of hydrogen-bond donors (Lipinski definition) is 0. The molecule has 1 heterocycles. The molecular formula is C21H22F3NO2. The maximum Gasteiger partial charge on any atom is 0.393 e. The first-order valence-corrected chi connectivity index (χ1v) is 9.02. The third-order valence-electron chi connectivity index (χ3n) is 4.82. The molecule has 144 valence electrons. The molecule has 0 radical (unpaired) electrons. The maximum atomic E-state index is 12.9. The molecule has 0 spiro atoms. The molecule has 0 aliphatic carbocycles. The summed E-state index contributed by atoms with van der Waals surface area (Å²) in [6.07, 6.45) is -4.67. The van der Waals surface area contributed by atoms with Gasteiger partial charge in [-0.15, -0.1) is 0 Å². The standard InChI is InChI=1S/C21H22F3NO2/c1-15(20(26)25-13-5-8-18(14-25)21(22,23)24)27-19-11-9-17(10-12-19)16-6-3-2-4-7-16/h2-4,6-7,9-12,15,18H,5,8,13-14H2,1H3/t15-,18+/m0/s1. The van der Waals surface area contributed by atoms with Crippen molar-refractivity contribution in [3.8, 4) is 16.9 Å². The number of rotatable bonds is 4. The van der Waals surface area contributed by atoms with Gasteiger partial charge >= 0.3 is 6.18 Å². The third-order valence-corrected chi connectivity index (χ3v) is 4.82. The molecule has 0 aromatic heterocycles. The van der Waals surface area contributed by atoms with Crippen LogP contribution in [0.5, 0.6) is 5.75 Å². The van der Waals surface area contributed by atoms with Gasteiger partial charge in [0.1, 0.15) is 5.75 Å². The van der Waals surface area contributed by atoms with E-state index in [1.54, 1.807) is 19.1 Å². The second-order valence-electron chi connectivity index (χ2n) is 6.82. The molecule has 27 heavy (non-hydrogen) atoms. The highest BCUT2D eigenvalue weighted by atomic mass is 19.4. The van der Waals surface area contributed by atoms with Gasteiger partial charge < -0.3 is 9.64 Å². The summed E-state index contributed by atoms with van der Waals surface area (Å²) in [7, 11) is 0. The number of alkyl halides is 3. The Morgan fingerprint density at radius 1 is 1.07 bits per heavy atom. The Labute approximate surface area is 156 Å². The lowest BCUT2D eigenvalue weighted by Gasteiger charge is -2.35. The van der Waals surface area contributed by atoms with Crippen LogP contribution in [0.2, 0.25) is 0 Å². The van der Waals surface area contributed by atoms with Crippen LogP contribution in [-0.4, -0.2) is 36.2 Å². The van der Waals surface area contributed by atoms with Crippen molar-refractivity contribution in [2.24, 2.45) is 5.92 Å². The summed E-state index contributed by atoms with van der Waals surface area (Å²) in [6.45, 7) is 1.62. The van der Waals surface area contributed by atoms with Gasteiger partial charge in [-0.05, 0) is 43.0 Å². The van der Waals surface area contributed by atoms with Crippen LogP contribution in [-0.2, 0) is 4.79 Å². The Kier molecular flexibility index (Phi) is 5.73. The lowest BCUT2D eigenvalue weighted by molar-refractivity contribution is -0.189. The molecule has 2 aromatic carbocycles. The topological polar surface area (TPSA) is 29.5 Å². The monoisotopic (exact) mass is 377 g/mol. The fourth-order valence-corrected chi connectivity index (χ4v) is 3.31. The molecule has 1 aliphatic rings. The van der Waals surface area contributed by atoms with Crippen LogP contribution in [0.1, 0.15) is 19.8 Å². The summed E-state index contributed by atoms with van der Waals surface area (Å²) >= 11 is 0. The highest BCUT2D eigenvalue weighted by Crippen LogP contribution is 2.33. The Morgan fingerprint density at radius 3 is 2.33 bits per heavy atom. The lowest BCUT2D eigenvalue weighted by Crippen LogP contribution is -2.48. The molecule has 1 aliphatic heterocycles. The van der Waals surface area contributed by atoms with E-state index < -0.39 is 24.1 Å². The summed E-state index contributed by atoms with van der Waals surface area (Å²) in [5.74, 6) is -1.34. The van der Waals surface area contributed by atoms with Gasteiger partial charge in [0.15, 0.2) is 6.10 Å². The normalized spacial score (nSPS) is 18.8. The van der Waals surface area contributed by atoms with Crippen LogP contribution in [0.15, 0.2) is 54.6 Å². The first kappa shape index (κ1) is 19.3. The zero-order chi connectivity index (χ0) is 19.4. The summed E-state index contributed by atoms with van der Waals surface area (Å²) in [6, 6.07) is 17.1. The fourth-order valence-electron chi connectivity index (χ4n) is 3.31. The second-order valence-corrected chi connectivity index (χ2v) is 6.82. The molecule has 2 aromatic rings. The molecule has 0 unspecified atom stereocenters. The molecule has 0 N–H and O–H groups in total. The molecular weight excluding hydrogens is 355 g/mol. The highest BCUT2D eigenvalue weighted by Gasteiger charge is 2.43. The fraction of sp³-hybridized carbons (Fsp3) is 0.381. The minimum atomic E-state index is -4.27. The lowest BCUT2D eigenvalue weighted by atomic mass is 9.97. The molecule has 0 bridgehead atoms. The van der Waals surface area contributed by atoms with Gasteiger partial charge in [0.2, 0.25) is 0 Å². The van der Waals surface area contributed by atoms with Crippen LogP contribution in [0, 0.1) is 5.92 Å². The minimum absolute atomic E-state index is 0.0729. The third kappa shape index (κ3) is 4.81. The van der Waals surface area contributed by atoms with E-state index in [-0.39, 0.29) is 13.0 Å². The van der Waals surface area contributed by atoms with Crippen molar-refractivity contribution in [3.63, 3.8) is 0 Å². The number of ether oxygens (including phenoxy) is 1. The van der Waals surface area contributed by atoms with E-state index >= 15 is 0 Å². The van der Waals surface area contributed by atoms with Crippen molar-refractivity contribution in [2.45, 2.75) is 32.0 Å². The number of carbonyl (C=O) groups is 1. The number of amides is 1. The highest BCUT2D eigenvalue weighted by molar-refractivity contribution is 5.81. The smallest absolute Gasteiger partial charge is 0.393 e. The molecule has 1 amide bonds. The van der Waals surface area contributed by atoms with E-state index in [0.29, 0.717) is 18.7 Å². The quantitative estimate of drug-likeness (QED) is 0.757. The molecule has 1 saturated heterocycles. The van der Waals surface area contributed by atoms with Gasteiger partial charge in [-0.2, -0.15) is 13.2 Å². The van der Waals surface area contributed by atoms with Crippen molar-refractivity contribution in [3.05, 3.63) is 54.6 Å². The van der Waals surface area contributed by atoms with Gasteiger partial charge in [-0.1, -0.05) is 42.5 Å². The summed E-state index contributed by atoms with van der Waals surface area (Å²) in [4.78, 5) is 13.8. The zero-order valence-corrected chi connectivity index (χ0v) is 15.1. The number of halogens is 3. The van der Waals surface area contributed by atoms with Crippen molar-refractivity contribution >= 4 is 5.91 Å². The Balaban J connectivity index is 1.61. The van der Waals surface area contributed by atoms with Crippen molar-refractivity contribution in [2.75, 3.05) is 13.1 Å². The summed E-state index contributed by atoms with van der Waals surface area (Å²) in [5.41, 5.74) is 2.09. The van der Waals surface area contributed by atoms with Crippen LogP contribution in [0.25, 0.3) is 11.1 Å². The van der Waals surface area contributed by atoms with E-state index in [2.05, 4.69) is 0 Å². The van der Waals surface area contributed by atoms with E-state index in [0.717, 1.165) is 11.1 Å². The van der Waals surface area contributed by atoms with Crippen molar-refractivity contribution in [1.82, 2.24) is 4.90 Å². The summed E-state index contributed by atoms with van der Waals surface area (Å²) < 4.78 is 44.5. The number of nitrogens with zero attached hydrogens (tertiary/aromatic N) is 1. The maximum absolute atomic E-state index is 12.9. The molecule has 6 heteroatoms. The molecule has 3 rings (SSSR count). The minimum Gasteiger partial charge on any atom is -0.481 e. The van der Waals surface area contributed by atoms with E-state index in [9.17, 15) is 18.0 Å². The molecule has 1 fully saturated rings. The van der Waals surface area contributed by atoms with E-state index in [1.807, 2.05) is 42.5 Å². The average molecular weight is 377 g/mol. The largest absolute Gasteiger partial charge is 0.481 e. The van der Waals surface area contributed by atoms with Crippen LogP contribution >= 0.6 is 0 Å². The zero-order valence-electron chi connectivity index (χ0n) is 15.1. The average Bonchev–Trinajstić information content (AvgIpc) is 2.68. The number of hydrogen-bond acceptors (Lipinski definition) is 2. The van der Waals surface area contributed by atoms with Gasteiger partial charge in [-0.25, -0.2) is 0 Å². The molecule has 2 atom stereocenters. The predicted molar refractivity (Wildman–Crippen MR) is 97.3 cm³/mol. The first-order chi connectivity index (χ1) is 12.8. The van der Waals surface area contributed by atoms with Gasteiger partial charge in [-0.3, -0.25) is 4.79 Å². The molecule has 0 saturated carbocycles. The molecule has 3 nitrogen and oxygen atoms in total. The number of benzene rings is 2. The van der Waals surface area contributed by atoms with E-state index in [4.69, 9.17) is 4.74 Å². The van der Waals surface area contributed by atoms with Gasteiger partial charge in [0.05, 0.1) is 5.92 Å². The first-order valence-electron chi connectivity index (χ1n) is 9.02. The predicted octanol–water partition coefficient (Wildman–Crippen LogP) is 4.92. The van der Waals surface area contributed by atoms with Crippen molar-refractivity contribution < 1.29 is 22.7 Å². The van der Waals surface area contributed by atoms with E-state index in [1.165, 1.54) is 4.90 Å².